The Labute approximate surface area is 178 Å². The number of rotatable bonds is 10. The first kappa shape index (κ1) is 23.5. The molecule has 2 amide bonds. The van der Waals surface area contributed by atoms with Crippen LogP contribution in [0.3, 0.4) is 0 Å². The number of ether oxygens (including phenoxy) is 1. The zero-order valence-corrected chi connectivity index (χ0v) is 18.7. The van der Waals surface area contributed by atoms with E-state index >= 15 is 0 Å². The van der Waals surface area contributed by atoms with Crippen LogP contribution < -0.4 is 14.8 Å². The summed E-state index contributed by atoms with van der Waals surface area (Å²) < 4.78 is 31.5. The predicted molar refractivity (Wildman–Crippen MR) is 121 cm³/mol. The number of hydrogen-bond acceptors (Lipinski definition) is 5. The molecule has 0 heterocycles. The average Bonchev–Trinajstić information content (AvgIpc) is 2.72. The second-order valence-corrected chi connectivity index (χ2v) is 9.07. The number of carbonyl (C=O) groups excluding carboxylic acids is 1. The van der Waals surface area contributed by atoms with Crippen molar-refractivity contribution in [2.75, 3.05) is 50.1 Å². The van der Waals surface area contributed by atoms with Crippen molar-refractivity contribution in [3.05, 3.63) is 54.1 Å². The van der Waals surface area contributed by atoms with E-state index in [9.17, 15) is 13.2 Å². The lowest BCUT2D eigenvalue weighted by molar-refractivity contribution is 0.202. The van der Waals surface area contributed by atoms with E-state index in [2.05, 4.69) is 10.0 Å². The van der Waals surface area contributed by atoms with Crippen molar-refractivity contribution >= 4 is 27.4 Å². The van der Waals surface area contributed by atoms with Crippen molar-refractivity contribution in [3.63, 3.8) is 0 Å². The van der Waals surface area contributed by atoms with E-state index in [0.29, 0.717) is 30.2 Å². The summed E-state index contributed by atoms with van der Waals surface area (Å²) in [6.45, 7) is 3.31. The highest BCUT2D eigenvalue weighted by Gasteiger charge is 2.16. The Balaban J connectivity index is 2.16. The normalized spacial score (nSPS) is 11.2. The Hall–Kier alpha value is -2.78. The Kier molecular flexibility index (Phi) is 8.49. The molecule has 2 N–H and O–H groups in total. The molecule has 0 saturated heterocycles. The van der Waals surface area contributed by atoms with Gasteiger partial charge in [-0.1, -0.05) is 30.3 Å². The minimum atomic E-state index is -3.43. The lowest BCUT2D eigenvalue weighted by Gasteiger charge is -2.25. The number of likely N-dealkylation sites (N-methyl/N-ethyl adjacent to an activating group) is 1. The Morgan fingerprint density at radius 2 is 1.77 bits per heavy atom. The van der Waals surface area contributed by atoms with Gasteiger partial charge in [0.15, 0.2) is 0 Å². The van der Waals surface area contributed by atoms with E-state index in [1.807, 2.05) is 49.3 Å². The molecule has 0 fully saturated rings. The molecule has 8 nitrogen and oxygen atoms in total. The Bertz CT molecular complexity index is 933. The van der Waals surface area contributed by atoms with E-state index < -0.39 is 10.0 Å². The highest BCUT2D eigenvalue weighted by Crippen LogP contribution is 2.29. The van der Waals surface area contributed by atoms with E-state index in [1.54, 1.807) is 30.0 Å². The van der Waals surface area contributed by atoms with Gasteiger partial charge < -0.3 is 19.9 Å². The van der Waals surface area contributed by atoms with Crippen molar-refractivity contribution in [1.29, 1.82) is 0 Å². The fraction of sp³-hybridized carbons (Fsp3) is 0.381. The number of anilines is 2. The minimum absolute atomic E-state index is 0.0467. The van der Waals surface area contributed by atoms with Gasteiger partial charge in [-0.05, 0) is 38.7 Å². The molecule has 2 aromatic carbocycles. The molecule has 0 aliphatic heterocycles. The second kappa shape index (κ2) is 10.8. The number of carbonyl (C=O) groups is 1. The van der Waals surface area contributed by atoms with Gasteiger partial charge in [0.25, 0.3) is 0 Å². The maximum Gasteiger partial charge on any atom is 0.322 e. The number of amides is 2. The fourth-order valence-electron chi connectivity index (χ4n) is 2.67. The van der Waals surface area contributed by atoms with Crippen LogP contribution >= 0.6 is 0 Å². The Morgan fingerprint density at radius 1 is 1.07 bits per heavy atom. The van der Waals surface area contributed by atoms with E-state index in [-0.39, 0.29) is 11.8 Å². The molecule has 30 heavy (non-hydrogen) atoms. The van der Waals surface area contributed by atoms with Gasteiger partial charge in [-0.25, -0.2) is 13.2 Å². The third-order valence-electron chi connectivity index (χ3n) is 4.42. The van der Waals surface area contributed by atoms with Crippen molar-refractivity contribution in [3.8, 4) is 5.75 Å². The van der Waals surface area contributed by atoms with Crippen LogP contribution in [0.25, 0.3) is 0 Å². The summed E-state index contributed by atoms with van der Waals surface area (Å²) in [7, 11) is 1.93. The zero-order valence-electron chi connectivity index (χ0n) is 17.9. The Morgan fingerprint density at radius 3 is 2.37 bits per heavy atom. The van der Waals surface area contributed by atoms with Crippen LogP contribution in [0.1, 0.15) is 12.5 Å². The monoisotopic (exact) mass is 434 g/mol. The average molecular weight is 435 g/mol. The van der Waals surface area contributed by atoms with Gasteiger partial charge in [-0.15, -0.1) is 0 Å². The molecule has 0 aliphatic rings. The van der Waals surface area contributed by atoms with Gasteiger partial charge in [-0.3, -0.25) is 4.72 Å². The quantitative estimate of drug-likeness (QED) is 0.600. The summed E-state index contributed by atoms with van der Waals surface area (Å²) in [5.74, 6) is 0.280. The van der Waals surface area contributed by atoms with E-state index in [4.69, 9.17) is 4.74 Å². The zero-order chi connectivity index (χ0) is 22.1. The SMILES string of the molecule is CCS(=O)(=O)Nc1ccc(NC(=O)N(CCN(C)C)Cc2ccccc2)cc1OC. The van der Waals surface area contributed by atoms with Gasteiger partial charge in [0.2, 0.25) is 10.0 Å². The summed E-state index contributed by atoms with van der Waals surface area (Å²) in [5, 5.41) is 2.88. The highest BCUT2D eigenvalue weighted by atomic mass is 32.2. The summed E-state index contributed by atoms with van der Waals surface area (Å²) in [5.41, 5.74) is 1.87. The van der Waals surface area contributed by atoms with Gasteiger partial charge >= 0.3 is 6.03 Å². The van der Waals surface area contributed by atoms with E-state index in [0.717, 1.165) is 12.1 Å². The van der Waals surface area contributed by atoms with Crippen LogP contribution in [0.2, 0.25) is 0 Å². The molecule has 0 bridgehead atoms. The lowest BCUT2D eigenvalue weighted by Crippen LogP contribution is -2.39. The minimum Gasteiger partial charge on any atom is -0.494 e. The number of sulfonamides is 1. The molecule has 9 heteroatoms. The largest absolute Gasteiger partial charge is 0.494 e. The smallest absolute Gasteiger partial charge is 0.322 e. The number of benzene rings is 2. The maximum absolute atomic E-state index is 12.9. The van der Waals surface area contributed by atoms with E-state index in [1.165, 1.54) is 7.11 Å². The van der Waals surface area contributed by atoms with Gasteiger partial charge in [0.05, 0.1) is 18.6 Å². The number of hydrogen-bond donors (Lipinski definition) is 2. The number of urea groups is 1. The highest BCUT2D eigenvalue weighted by molar-refractivity contribution is 7.92. The molecule has 2 rings (SSSR count). The first-order valence-electron chi connectivity index (χ1n) is 9.67. The van der Waals surface area contributed by atoms with Crippen LogP contribution in [-0.2, 0) is 16.6 Å². The van der Waals surface area contributed by atoms with Crippen LogP contribution in [0, 0.1) is 0 Å². The third-order valence-corrected chi connectivity index (χ3v) is 5.71. The van der Waals surface area contributed by atoms with Crippen LogP contribution in [0.4, 0.5) is 16.2 Å². The summed E-state index contributed by atoms with van der Waals surface area (Å²) in [4.78, 5) is 16.7. The van der Waals surface area contributed by atoms with Crippen molar-refractivity contribution in [2.45, 2.75) is 13.5 Å². The molecular formula is C21H30N4O4S. The predicted octanol–water partition coefficient (Wildman–Crippen LogP) is 3.05. The van der Waals surface area contributed by atoms with Gasteiger partial charge in [-0.2, -0.15) is 0 Å². The number of nitrogens with zero attached hydrogens (tertiary/aromatic N) is 2. The van der Waals surface area contributed by atoms with Gasteiger partial charge in [0.1, 0.15) is 5.75 Å². The van der Waals surface area contributed by atoms with Gasteiger partial charge in [0, 0.05) is 31.4 Å². The van der Waals surface area contributed by atoms with Crippen LogP contribution in [-0.4, -0.2) is 64.3 Å². The van der Waals surface area contributed by atoms with Crippen LogP contribution in [0.15, 0.2) is 48.5 Å². The molecule has 2 aromatic rings. The number of nitrogens with one attached hydrogen (secondary N) is 2. The van der Waals surface area contributed by atoms with Crippen LogP contribution in [0.5, 0.6) is 5.75 Å². The fourth-order valence-corrected chi connectivity index (χ4v) is 3.32. The molecule has 0 saturated carbocycles. The molecular weight excluding hydrogens is 404 g/mol. The summed E-state index contributed by atoms with van der Waals surface area (Å²) in [6.07, 6.45) is 0. The second-order valence-electron chi connectivity index (χ2n) is 7.06. The lowest BCUT2D eigenvalue weighted by atomic mass is 10.2. The first-order chi connectivity index (χ1) is 14.2. The third kappa shape index (κ3) is 7.23. The summed E-state index contributed by atoms with van der Waals surface area (Å²) in [6, 6.07) is 14.3. The van der Waals surface area contributed by atoms with Crippen molar-refractivity contribution < 1.29 is 17.9 Å². The molecule has 164 valence electrons. The maximum atomic E-state index is 12.9. The molecule has 0 aromatic heterocycles. The topological polar surface area (TPSA) is 91.0 Å². The summed E-state index contributed by atoms with van der Waals surface area (Å²) >= 11 is 0. The number of methoxy groups -OCH3 is 1. The van der Waals surface area contributed by atoms with Crippen molar-refractivity contribution in [1.82, 2.24) is 9.80 Å². The van der Waals surface area contributed by atoms with Crippen molar-refractivity contribution in [2.24, 2.45) is 0 Å². The standard InChI is InChI=1S/C21H30N4O4S/c1-5-30(27,28)23-19-12-11-18(15-20(19)29-4)22-21(26)25(14-13-24(2)3)16-17-9-7-6-8-10-17/h6-12,15,23H,5,13-14,16H2,1-4H3,(H,22,26). The molecule has 0 aliphatic carbocycles. The molecule has 0 unspecified atom stereocenters. The molecule has 0 radical (unpaired) electrons. The molecule has 0 spiro atoms. The first-order valence-corrected chi connectivity index (χ1v) is 11.3. The molecule has 0 atom stereocenters.